The second-order valence-corrected chi connectivity index (χ2v) is 8.77. The molecule has 2 N–H and O–H groups in total. The minimum absolute atomic E-state index is 0.0293. The first kappa shape index (κ1) is 19.2. The summed E-state index contributed by atoms with van der Waals surface area (Å²) in [5, 5.41) is 10.5. The molecule has 0 radical (unpaired) electrons. The van der Waals surface area contributed by atoms with Gasteiger partial charge in [-0.3, -0.25) is 4.90 Å². The molecule has 0 aliphatic carbocycles. The first-order valence-corrected chi connectivity index (χ1v) is 10.8. The number of aromatic nitrogens is 1. The topological polar surface area (TPSA) is 65.6 Å². The summed E-state index contributed by atoms with van der Waals surface area (Å²) in [4.78, 5) is 17.4. The van der Waals surface area contributed by atoms with Gasteiger partial charge in [0.2, 0.25) is 0 Å². The molecule has 3 aromatic rings. The summed E-state index contributed by atoms with van der Waals surface area (Å²) in [5.74, 6) is 0.0732. The van der Waals surface area contributed by atoms with Crippen LogP contribution in [0.1, 0.15) is 59.2 Å². The minimum atomic E-state index is -0.872. The van der Waals surface area contributed by atoms with E-state index in [1.54, 1.807) is 19.2 Å². The summed E-state index contributed by atoms with van der Waals surface area (Å²) in [5.41, 5.74) is 5.16. The molecular formula is C25H28N2O3. The maximum absolute atomic E-state index is 11.3. The Morgan fingerprint density at radius 1 is 1.23 bits per heavy atom. The summed E-state index contributed by atoms with van der Waals surface area (Å²) >= 11 is 0. The maximum atomic E-state index is 11.3. The van der Waals surface area contributed by atoms with Crippen LogP contribution < -0.4 is 4.74 Å². The third-order valence-electron chi connectivity index (χ3n) is 7.34. The number of rotatable bonds is 5. The second-order valence-electron chi connectivity index (χ2n) is 8.77. The van der Waals surface area contributed by atoms with Crippen LogP contribution in [0, 0.1) is 6.92 Å². The van der Waals surface area contributed by atoms with E-state index in [0.717, 1.165) is 25.1 Å². The van der Waals surface area contributed by atoms with Gasteiger partial charge in [0.15, 0.2) is 0 Å². The van der Waals surface area contributed by atoms with E-state index in [1.165, 1.54) is 46.9 Å². The molecule has 2 fully saturated rings. The number of carbonyl (C=O) groups is 1. The number of nitrogens with zero attached hydrogens (tertiary/aromatic N) is 1. The molecule has 1 unspecified atom stereocenters. The lowest BCUT2D eigenvalue weighted by molar-refractivity contribution is 0.0423. The third-order valence-corrected chi connectivity index (χ3v) is 7.34. The Balaban J connectivity index is 1.58. The van der Waals surface area contributed by atoms with E-state index in [0.29, 0.717) is 11.6 Å². The van der Waals surface area contributed by atoms with Crippen molar-refractivity contribution in [1.82, 2.24) is 9.88 Å². The van der Waals surface area contributed by atoms with Crippen LogP contribution in [0.5, 0.6) is 5.75 Å². The molecule has 0 spiro atoms. The summed E-state index contributed by atoms with van der Waals surface area (Å²) in [6, 6.07) is 12.4. The van der Waals surface area contributed by atoms with E-state index in [9.17, 15) is 9.90 Å². The fraction of sp³-hybridized carbons (Fsp3) is 0.400. The highest BCUT2D eigenvalue weighted by Crippen LogP contribution is 2.52. The van der Waals surface area contributed by atoms with Crippen molar-refractivity contribution in [3.63, 3.8) is 0 Å². The van der Waals surface area contributed by atoms with Gasteiger partial charge in [-0.15, -0.1) is 0 Å². The summed E-state index contributed by atoms with van der Waals surface area (Å²) < 4.78 is 5.81. The van der Waals surface area contributed by atoms with Crippen molar-refractivity contribution >= 4 is 16.9 Å². The Morgan fingerprint density at radius 2 is 2.03 bits per heavy atom. The predicted octanol–water partition coefficient (Wildman–Crippen LogP) is 5.23. The third kappa shape index (κ3) is 2.83. The molecule has 5 nitrogen and oxygen atoms in total. The van der Waals surface area contributed by atoms with E-state index in [2.05, 4.69) is 28.9 Å². The largest absolute Gasteiger partial charge is 0.496 e. The zero-order chi connectivity index (χ0) is 20.9. The van der Waals surface area contributed by atoms with Gasteiger partial charge < -0.3 is 14.8 Å². The van der Waals surface area contributed by atoms with Crippen LogP contribution in [0.2, 0.25) is 0 Å². The highest BCUT2D eigenvalue weighted by atomic mass is 16.5. The van der Waals surface area contributed by atoms with Crippen molar-refractivity contribution in [3.05, 3.63) is 64.8 Å². The monoisotopic (exact) mass is 404 g/mol. The van der Waals surface area contributed by atoms with Crippen molar-refractivity contribution in [1.29, 1.82) is 0 Å². The SMILES string of the molecule is COc1cc(C)c2[nH]ccc2c1CN1[C@@H]2CCCC1(c1ccc(C(=O)O)cc1)CC2. The van der Waals surface area contributed by atoms with Gasteiger partial charge in [0.1, 0.15) is 5.75 Å². The molecule has 3 heterocycles. The van der Waals surface area contributed by atoms with Crippen molar-refractivity contribution in [2.75, 3.05) is 7.11 Å². The quantitative estimate of drug-likeness (QED) is 0.611. The molecule has 2 saturated heterocycles. The van der Waals surface area contributed by atoms with Crippen LogP contribution >= 0.6 is 0 Å². The number of methoxy groups -OCH3 is 1. The minimum Gasteiger partial charge on any atom is -0.496 e. The number of H-pyrrole nitrogens is 1. The number of aromatic amines is 1. The molecule has 0 saturated carbocycles. The Kier molecular flexibility index (Phi) is 4.58. The van der Waals surface area contributed by atoms with Crippen LogP contribution in [0.25, 0.3) is 10.9 Å². The molecule has 156 valence electrons. The standard InChI is InChI=1S/C25H28N2O3/c1-16-14-22(30-2)21(20-10-13-26-23(16)20)15-27-19-4-3-11-25(27,12-9-19)18-7-5-17(6-8-18)24(28)29/h5-8,10,13-14,19,26H,3-4,9,11-12,15H2,1-2H3,(H,28,29)/t19-,25?/m1/s1. The van der Waals surface area contributed by atoms with Gasteiger partial charge in [-0.05, 0) is 74.4 Å². The lowest BCUT2D eigenvalue weighted by Gasteiger charge is -2.46. The zero-order valence-corrected chi connectivity index (χ0v) is 17.6. The Morgan fingerprint density at radius 3 is 2.77 bits per heavy atom. The number of carboxylic acid groups (broad SMARTS) is 1. The van der Waals surface area contributed by atoms with Gasteiger partial charge in [-0.1, -0.05) is 12.1 Å². The van der Waals surface area contributed by atoms with Crippen LogP contribution in [-0.2, 0) is 12.1 Å². The molecule has 2 atom stereocenters. The van der Waals surface area contributed by atoms with E-state index in [4.69, 9.17) is 4.74 Å². The van der Waals surface area contributed by atoms with Crippen molar-refractivity contribution < 1.29 is 14.6 Å². The van der Waals surface area contributed by atoms with Gasteiger partial charge in [0.25, 0.3) is 0 Å². The molecule has 0 amide bonds. The smallest absolute Gasteiger partial charge is 0.335 e. The fourth-order valence-electron chi connectivity index (χ4n) is 5.86. The van der Waals surface area contributed by atoms with E-state index < -0.39 is 5.97 Å². The number of carboxylic acids is 1. The lowest BCUT2D eigenvalue weighted by Crippen LogP contribution is -2.47. The normalized spacial score (nSPS) is 23.7. The molecule has 30 heavy (non-hydrogen) atoms. The first-order valence-electron chi connectivity index (χ1n) is 10.8. The number of fused-ring (bicyclic) bond motifs is 3. The molecule has 2 bridgehead atoms. The zero-order valence-electron chi connectivity index (χ0n) is 17.6. The summed E-state index contributed by atoms with van der Waals surface area (Å²) in [7, 11) is 1.75. The van der Waals surface area contributed by atoms with Crippen molar-refractivity contribution in [3.8, 4) is 5.75 Å². The number of benzene rings is 2. The van der Waals surface area contributed by atoms with E-state index in [1.807, 2.05) is 18.3 Å². The lowest BCUT2D eigenvalue weighted by atomic mass is 9.81. The molecule has 5 rings (SSSR count). The van der Waals surface area contributed by atoms with Crippen LogP contribution in [0.15, 0.2) is 42.6 Å². The predicted molar refractivity (Wildman–Crippen MR) is 117 cm³/mol. The average molecular weight is 405 g/mol. The van der Waals surface area contributed by atoms with Crippen LogP contribution in [0.3, 0.4) is 0 Å². The Bertz CT molecular complexity index is 1100. The number of hydrogen-bond acceptors (Lipinski definition) is 3. The fourth-order valence-corrected chi connectivity index (χ4v) is 5.86. The van der Waals surface area contributed by atoms with Crippen molar-refractivity contribution in [2.45, 2.75) is 57.2 Å². The average Bonchev–Trinajstić information content (AvgIpc) is 3.31. The summed E-state index contributed by atoms with van der Waals surface area (Å²) in [6.45, 7) is 2.95. The molecule has 2 aromatic carbocycles. The number of aromatic carboxylic acids is 1. The second kappa shape index (κ2) is 7.17. The molecule has 5 heteroatoms. The molecular weight excluding hydrogens is 376 g/mol. The Labute approximate surface area is 176 Å². The molecule has 1 aromatic heterocycles. The summed E-state index contributed by atoms with van der Waals surface area (Å²) in [6.07, 6.45) is 7.86. The van der Waals surface area contributed by atoms with Gasteiger partial charge in [0.05, 0.1) is 12.7 Å². The number of nitrogens with one attached hydrogen (secondary N) is 1. The molecule has 2 aliphatic heterocycles. The van der Waals surface area contributed by atoms with Gasteiger partial charge in [-0.25, -0.2) is 4.79 Å². The van der Waals surface area contributed by atoms with E-state index in [-0.39, 0.29) is 5.54 Å². The first-order chi connectivity index (χ1) is 14.5. The number of aryl methyl sites for hydroxylation is 1. The van der Waals surface area contributed by atoms with Crippen LogP contribution in [-0.4, -0.2) is 34.1 Å². The number of piperidine rings is 1. The molecule has 2 aliphatic rings. The number of hydrogen-bond donors (Lipinski definition) is 2. The van der Waals surface area contributed by atoms with Gasteiger partial charge in [0, 0.05) is 40.8 Å². The maximum Gasteiger partial charge on any atom is 0.335 e. The van der Waals surface area contributed by atoms with Crippen molar-refractivity contribution in [2.24, 2.45) is 0 Å². The van der Waals surface area contributed by atoms with E-state index >= 15 is 0 Å². The highest BCUT2D eigenvalue weighted by Gasteiger charge is 2.49. The van der Waals surface area contributed by atoms with Crippen LogP contribution in [0.4, 0.5) is 0 Å². The Hall–Kier alpha value is -2.79. The van der Waals surface area contributed by atoms with Gasteiger partial charge >= 0.3 is 5.97 Å². The van der Waals surface area contributed by atoms with Gasteiger partial charge in [-0.2, -0.15) is 0 Å². The number of ether oxygens (including phenoxy) is 1. The highest BCUT2D eigenvalue weighted by molar-refractivity contribution is 5.88.